The van der Waals surface area contributed by atoms with Crippen LogP contribution < -0.4 is 5.32 Å². The number of hydrogen-bond donors (Lipinski definition) is 1. The molecule has 4 nitrogen and oxygen atoms in total. The predicted octanol–water partition coefficient (Wildman–Crippen LogP) is 1.94. The van der Waals surface area contributed by atoms with E-state index in [-0.39, 0.29) is 29.9 Å². The van der Waals surface area contributed by atoms with Crippen molar-refractivity contribution in [2.24, 2.45) is 17.8 Å². The molecule has 1 heterocycles. The van der Waals surface area contributed by atoms with Gasteiger partial charge in [0.2, 0.25) is 11.8 Å². The number of nitrogens with zero attached hydrogens (tertiary/aromatic N) is 1. The average Bonchev–Trinajstić information content (AvgIpc) is 3.20. The number of carbonyl (C=O) groups is 2. The van der Waals surface area contributed by atoms with Crippen molar-refractivity contribution in [1.29, 1.82) is 0 Å². The highest BCUT2D eigenvalue weighted by Gasteiger charge is 2.49. The fourth-order valence-electron chi connectivity index (χ4n) is 4.21. The molecule has 0 bridgehead atoms. The second kappa shape index (κ2) is 5.05. The Morgan fingerprint density at radius 3 is 2.40 bits per heavy atom. The van der Waals surface area contributed by atoms with Gasteiger partial charge in [0.05, 0.1) is 0 Å². The number of piperazine rings is 1. The van der Waals surface area contributed by atoms with Crippen LogP contribution in [0.2, 0.25) is 0 Å². The number of carbonyl (C=O) groups excluding carboxylic acids is 2. The van der Waals surface area contributed by atoms with Crippen molar-refractivity contribution in [3.63, 3.8) is 0 Å². The van der Waals surface area contributed by atoms with Gasteiger partial charge in [0.15, 0.2) is 0 Å². The van der Waals surface area contributed by atoms with Crippen LogP contribution in [0.15, 0.2) is 0 Å². The lowest BCUT2D eigenvalue weighted by molar-refractivity contribution is -0.153. The minimum atomic E-state index is -0.305. The van der Waals surface area contributed by atoms with Crippen LogP contribution in [0.4, 0.5) is 0 Å². The molecule has 0 aromatic heterocycles. The van der Waals surface area contributed by atoms with Gasteiger partial charge >= 0.3 is 0 Å². The van der Waals surface area contributed by atoms with E-state index in [0.717, 1.165) is 19.3 Å². The molecule has 2 aliphatic carbocycles. The molecule has 1 N–H and O–H groups in total. The Morgan fingerprint density at radius 1 is 1.15 bits per heavy atom. The second-order valence-electron chi connectivity index (χ2n) is 6.92. The van der Waals surface area contributed by atoms with Gasteiger partial charge in [0.25, 0.3) is 0 Å². The van der Waals surface area contributed by atoms with Crippen LogP contribution in [0.5, 0.6) is 0 Å². The van der Waals surface area contributed by atoms with Gasteiger partial charge in [-0.2, -0.15) is 0 Å². The van der Waals surface area contributed by atoms with Crippen molar-refractivity contribution >= 4 is 11.8 Å². The maximum Gasteiger partial charge on any atom is 0.246 e. The van der Waals surface area contributed by atoms with E-state index in [2.05, 4.69) is 19.2 Å². The molecule has 1 aliphatic heterocycles. The Hall–Kier alpha value is -1.06. The van der Waals surface area contributed by atoms with Crippen LogP contribution >= 0.6 is 0 Å². The quantitative estimate of drug-likeness (QED) is 0.857. The minimum absolute atomic E-state index is 0.0358. The highest BCUT2D eigenvalue weighted by atomic mass is 16.2. The van der Waals surface area contributed by atoms with Crippen molar-refractivity contribution in [2.45, 2.75) is 71.0 Å². The first-order chi connectivity index (χ1) is 9.54. The van der Waals surface area contributed by atoms with E-state index in [1.807, 2.05) is 11.8 Å². The van der Waals surface area contributed by atoms with E-state index in [0.29, 0.717) is 17.8 Å². The molecule has 0 aromatic carbocycles. The highest BCUT2D eigenvalue weighted by molar-refractivity contribution is 5.97. The summed E-state index contributed by atoms with van der Waals surface area (Å²) in [6, 6.07) is -0.290. The van der Waals surface area contributed by atoms with Crippen LogP contribution in [0.25, 0.3) is 0 Å². The van der Waals surface area contributed by atoms with Crippen LogP contribution in [0.1, 0.15) is 52.9 Å². The SMILES string of the molecule is CCC1CCC(N2C(=O)C(C3CC3)NC(=O)C2C)C1C. The van der Waals surface area contributed by atoms with E-state index >= 15 is 0 Å². The summed E-state index contributed by atoms with van der Waals surface area (Å²) in [5.41, 5.74) is 0. The predicted molar refractivity (Wildman–Crippen MR) is 76.9 cm³/mol. The van der Waals surface area contributed by atoms with Crippen molar-refractivity contribution in [2.75, 3.05) is 0 Å². The molecule has 3 rings (SSSR count). The van der Waals surface area contributed by atoms with Gasteiger partial charge < -0.3 is 10.2 Å². The first-order valence-electron chi connectivity index (χ1n) is 8.17. The maximum atomic E-state index is 12.8. The number of hydrogen-bond acceptors (Lipinski definition) is 2. The molecule has 2 amide bonds. The van der Waals surface area contributed by atoms with E-state index in [4.69, 9.17) is 0 Å². The fourth-order valence-corrected chi connectivity index (χ4v) is 4.21. The third-order valence-corrected chi connectivity index (χ3v) is 5.77. The molecule has 20 heavy (non-hydrogen) atoms. The number of nitrogens with one attached hydrogen (secondary N) is 1. The monoisotopic (exact) mass is 278 g/mol. The lowest BCUT2D eigenvalue weighted by Gasteiger charge is -2.43. The fraction of sp³-hybridized carbons (Fsp3) is 0.875. The standard InChI is InChI=1S/C16H26N2O2/c1-4-11-7-8-13(9(11)2)18-10(3)15(19)17-14(16(18)20)12-5-6-12/h9-14H,4-8H2,1-3H3,(H,17,19). The van der Waals surface area contributed by atoms with Gasteiger partial charge in [0.1, 0.15) is 12.1 Å². The smallest absolute Gasteiger partial charge is 0.246 e. The second-order valence-corrected chi connectivity index (χ2v) is 6.92. The first-order valence-corrected chi connectivity index (χ1v) is 8.17. The molecule has 3 fully saturated rings. The summed E-state index contributed by atoms with van der Waals surface area (Å²) in [4.78, 5) is 26.9. The van der Waals surface area contributed by atoms with Gasteiger partial charge in [-0.25, -0.2) is 0 Å². The Bertz CT molecular complexity index is 419. The summed E-state index contributed by atoms with van der Waals surface area (Å²) in [5.74, 6) is 1.81. The van der Waals surface area contributed by atoms with Crippen molar-refractivity contribution in [3.05, 3.63) is 0 Å². The van der Waals surface area contributed by atoms with E-state index in [1.54, 1.807) is 0 Å². The molecule has 5 unspecified atom stereocenters. The summed E-state index contributed by atoms with van der Waals surface area (Å²) >= 11 is 0. The van der Waals surface area contributed by atoms with Crippen molar-refractivity contribution in [3.8, 4) is 0 Å². The van der Waals surface area contributed by atoms with Gasteiger partial charge in [-0.15, -0.1) is 0 Å². The Morgan fingerprint density at radius 2 is 1.85 bits per heavy atom. The van der Waals surface area contributed by atoms with E-state index in [1.165, 1.54) is 12.8 Å². The molecule has 0 aromatic rings. The van der Waals surface area contributed by atoms with Crippen molar-refractivity contribution < 1.29 is 9.59 Å². The number of rotatable bonds is 3. The highest BCUT2D eigenvalue weighted by Crippen LogP contribution is 2.41. The molecule has 3 aliphatic rings. The van der Waals surface area contributed by atoms with Crippen LogP contribution in [0.3, 0.4) is 0 Å². The van der Waals surface area contributed by atoms with E-state index in [9.17, 15) is 9.59 Å². The number of amides is 2. The lowest BCUT2D eigenvalue weighted by Crippen LogP contribution is -2.66. The lowest BCUT2D eigenvalue weighted by atomic mass is 9.91. The zero-order valence-electron chi connectivity index (χ0n) is 12.8. The minimum Gasteiger partial charge on any atom is -0.342 e. The molecule has 5 atom stereocenters. The molecular weight excluding hydrogens is 252 g/mol. The molecule has 0 radical (unpaired) electrons. The Kier molecular flexibility index (Phi) is 3.51. The van der Waals surface area contributed by atoms with Gasteiger partial charge in [-0.1, -0.05) is 20.3 Å². The first kappa shape index (κ1) is 13.9. The summed E-state index contributed by atoms with van der Waals surface area (Å²) in [7, 11) is 0. The Labute approximate surface area is 121 Å². The molecule has 1 saturated heterocycles. The normalized spacial score (nSPS) is 42.0. The maximum absolute atomic E-state index is 12.8. The molecule has 112 valence electrons. The largest absolute Gasteiger partial charge is 0.342 e. The molecule has 0 spiro atoms. The van der Waals surface area contributed by atoms with Crippen LogP contribution in [0, 0.1) is 17.8 Å². The van der Waals surface area contributed by atoms with Crippen LogP contribution in [-0.2, 0) is 9.59 Å². The van der Waals surface area contributed by atoms with E-state index < -0.39 is 0 Å². The van der Waals surface area contributed by atoms with Gasteiger partial charge in [-0.3, -0.25) is 9.59 Å². The van der Waals surface area contributed by atoms with Gasteiger partial charge in [-0.05, 0) is 50.4 Å². The average molecular weight is 278 g/mol. The molecular formula is C16H26N2O2. The Balaban J connectivity index is 1.82. The molecule has 4 heteroatoms. The third-order valence-electron chi connectivity index (χ3n) is 5.77. The third kappa shape index (κ3) is 2.13. The zero-order valence-corrected chi connectivity index (χ0v) is 12.8. The summed E-state index contributed by atoms with van der Waals surface area (Å²) in [6.07, 6.45) is 5.58. The van der Waals surface area contributed by atoms with Crippen molar-refractivity contribution in [1.82, 2.24) is 10.2 Å². The summed E-state index contributed by atoms with van der Waals surface area (Å²) < 4.78 is 0. The van der Waals surface area contributed by atoms with Gasteiger partial charge in [0, 0.05) is 6.04 Å². The summed E-state index contributed by atoms with van der Waals surface area (Å²) in [6.45, 7) is 6.36. The molecule has 2 saturated carbocycles. The summed E-state index contributed by atoms with van der Waals surface area (Å²) in [5, 5.41) is 2.94. The zero-order chi connectivity index (χ0) is 14.4. The van der Waals surface area contributed by atoms with Crippen LogP contribution in [-0.4, -0.2) is 34.8 Å². The topological polar surface area (TPSA) is 49.4 Å².